The number of thioether (sulfide) groups is 1. The van der Waals surface area contributed by atoms with Crippen molar-refractivity contribution in [3.63, 3.8) is 0 Å². The van der Waals surface area contributed by atoms with Crippen LogP contribution in [-0.2, 0) is 0 Å². The lowest BCUT2D eigenvalue weighted by Gasteiger charge is -2.41. The molecule has 0 aromatic rings. The van der Waals surface area contributed by atoms with Gasteiger partial charge in [-0.3, -0.25) is 0 Å². The maximum atomic E-state index is 9.33. The Morgan fingerprint density at radius 1 is 1.47 bits per heavy atom. The van der Waals surface area contributed by atoms with Crippen LogP contribution in [-0.4, -0.2) is 35.3 Å². The van der Waals surface area contributed by atoms with Crippen molar-refractivity contribution >= 4 is 11.8 Å². The summed E-state index contributed by atoms with van der Waals surface area (Å²) in [6.45, 7) is 9.24. The molecule has 1 aliphatic rings. The molecule has 2 unspecified atom stereocenters. The quantitative estimate of drug-likeness (QED) is 0.777. The highest BCUT2D eigenvalue weighted by molar-refractivity contribution is 7.99. The number of aliphatic hydroxyl groups is 1. The van der Waals surface area contributed by atoms with E-state index in [1.165, 1.54) is 17.9 Å². The van der Waals surface area contributed by atoms with Crippen LogP contribution in [0, 0.1) is 11.3 Å². The fourth-order valence-electron chi connectivity index (χ4n) is 1.92. The van der Waals surface area contributed by atoms with Gasteiger partial charge < -0.3 is 10.4 Å². The van der Waals surface area contributed by atoms with Crippen molar-refractivity contribution in [1.82, 2.24) is 5.32 Å². The third-order valence-electron chi connectivity index (χ3n) is 3.54. The highest BCUT2D eigenvalue weighted by atomic mass is 32.2. The molecule has 15 heavy (non-hydrogen) atoms. The molecule has 1 rings (SSSR count). The minimum atomic E-state index is 0.243. The van der Waals surface area contributed by atoms with Crippen LogP contribution in [0.25, 0.3) is 0 Å². The van der Waals surface area contributed by atoms with E-state index in [9.17, 15) is 5.11 Å². The van der Waals surface area contributed by atoms with E-state index in [0.29, 0.717) is 17.4 Å². The van der Waals surface area contributed by atoms with E-state index in [0.717, 1.165) is 0 Å². The summed E-state index contributed by atoms with van der Waals surface area (Å²) in [5.41, 5.74) is 0.369. The molecule has 0 aliphatic carbocycles. The Morgan fingerprint density at radius 2 is 2.13 bits per heavy atom. The molecule has 1 saturated heterocycles. The second-order valence-electron chi connectivity index (χ2n) is 5.57. The van der Waals surface area contributed by atoms with Crippen molar-refractivity contribution in [3.8, 4) is 0 Å². The van der Waals surface area contributed by atoms with Crippen molar-refractivity contribution in [3.05, 3.63) is 0 Å². The van der Waals surface area contributed by atoms with Crippen molar-refractivity contribution in [2.75, 3.05) is 18.1 Å². The summed E-state index contributed by atoms with van der Waals surface area (Å²) >= 11 is 2.03. The van der Waals surface area contributed by atoms with Crippen LogP contribution in [0.2, 0.25) is 0 Å². The molecule has 2 nitrogen and oxygen atoms in total. The van der Waals surface area contributed by atoms with Crippen LogP contribution < -0.4 is 5.32 Å². The maximum absolute atomic E-state index is 9.33. The van der Waals surface area contributed by atoms with Gasteiger partial charge in [0.2, 0.25) is 0 Å². The van der Waals surface area contributed by atoms with Gasteiger partial charge >= 0.3 is 0 Å². The first kappa shape index (κ1) is 13.3. The van der Waals surface area contributed by atoms with Gasteiger partial charge in [0.05, 0.1) is 6.61 Å². The number of hydrogen-bond donors (Lipinski definition) is 2. The minimum Gasteiger partial charge on any atom is -0.395 e. The van der Waals surface area contributed by atoms with Crippen LogP contribution in [0.4, 0.5) is 0 Å². The summed E-state index contributed by atoms with van der Waals surface area (Å²) in [4.78, 5) is 0. The molecule has 2 N–H and O–H groups in total. The highest BCUT2D eigenvalue weighted by Crippen LogP contribution is 2.34. The molecule has 1 fully saturated rings. The van der Waals surface area contributed by atoms with Crippen LogP contribution >= 0.6 is 11.8 Å². The molecule has 90 valence electrons. The first-order chi connectivity index (χ1) is 6.97. The summed E-state index contributed by atoms with van der Waals surface area (Å²) in [5.74, 6) is 2.95. The third-order valence-corrected chi connectivity index (χ3v) is 4.60. The van der Waals surface area contributed by atoms with Crippen LogP contribution in [0.5, 0.6) is 0 Å². The molecule has 0 aromatic carbocycles. The lowest BCUT2D eigenvalue weighted by molar-refractivity contribution is 0.159. The normalized spacial score (nSPS) is 28.0. The Balaban J connectivity index is 2.54. The molecule has 3 heteroatoms. The van der Waals surface area contributed by atoms with Crippen molar-refractivity contribution in [2.24, 2.45) is 11.3 Å². The zero-order chi connectivity index (χ0) is 11.5. The average Bonchev–Trinajstić information content (AvgIpc) is 2.15. The van der Waals surface area contributed by atoms with Gasteiger partial charge in [0.15, 0.2) is 0 Å². The Hall–Kier alpha value is 0.270. The van der Waals surface area contributed by atoms with E-state index >= 15 is 0 Å². The predicted molar refractivity (Wildman–Crippen MR) is 68.4 cm³/mol. The maximum Gasteiger partial charge on any atom is 0.0587 e. The van der Waals surface area contributed by atoms with Gasteiger partial charge in [-0.25, -0.2) is 0 Å². The smallest absolute Gasteiger partial charge is 0.0587 e. The molecule has 0 aromatic heterocycles. The fraction of sp³-hybridized carbons (Fsp3) is 1.00. The van der Waals surface area contributed by atoms with Gasteiger partial charge in [0, 0.05) is 17.8 Å². The standard InChI is InChI=1S/C12H25NOS/c1-9(2)10(7-14)13-11-8-15-6-5-12(11,3)4/h9-11,13-14H,5-8H2,1-4H3. The zero-order valence-corrected chi connectivity index (χ0v) is 11.2. The Bertz CT molecular complexity index is 194. The fourth-order valence-corrected chi connectivity index (χ4v) is 3.54. The van der Waals surface area contributed by atoms with Crippen LogP contribution in [0.1, 0.15) is 34.1 Å². The van der Waals surface area contributed by atoms with Crippen molar-refractivity contribution in [2.45, 2.75) is 46.2 Å². The molecule has 0 saturated carbocycles. The number of hydrogen-bond acceptors (Lipinski definition) is 3. The SMILES string of the molecule is CC(C)C(CO)NC1CSCCC1(C)C. The lowest BCUT2D eigenvalue weighted by Crippen LogP contribution is -2.53. The van der Waals surface area contributed by atoms with Gasteiger partial charge in [-0.2, -0.15) is 11.8 Å². The number of rotatable bonds is 4. The van der Waals surface area contributed by atoms with Gasteiger partial charge in [0.25, 0.3) is 0 Å². The summed E-state index contributed by atoms with van der Waals surface area (Å²) < 4.78 is 0. The Kier molecular flexibility index (Phi) is 4.94. The van der Waals surface area contributed by atoms with Gasteiger partial charge in [-0.15, -0.1) is 0 Å². The molecule has 1 heterocycles. The van der Waals surface area contributed by atoms with Gasteiger partial charge in [0.1, 0.15) is 0 Å². The van der Waals surface area contributed by atoms with Crippen LogP contribution in [0.3, 0.4) is 0 Å². The van der Waals surface area contributed by atoms with Gasteiger partial charge in [-0.1, -0.05) is 27.7 Å². The second-order valence-corrected chi connectivity index (χ2v) is 6.72. The second kappa shape index (κ2) is 5.55. The summed E-state index contributed by atoms with van der Waals surface area (Å²) in [6, 6.07) is 0.781. The molecule has 0 spiro atoms. The van der Waals surface area contributed by atoms with Gasteiger partial charge in [-0.05, 0) is 23.5 Å². The number of nitrogens with one attached hydrogen (secondary N) is 1. The third kappa shape index (κ3) is 3.65. The summed E-state index contributed by atoms with van der Waals surface area (Å²) in [7, 11) is 0. The topological polar surface area (TPSA) is 32.3 Å². The van der Waals surface area contributed by atoms with E-state index < -0.39 is 0 Å². The van der Waals surface area contributed by atoms with Crippen molar-refractivity contribution in [1.29, 1.82) is 0 Å². The number of aliphatic hydroxyl groups excluding tert-OH is 1. The van der Waals surface area contributed by atoms with E-state index in [4.69, 9.17) is 0 Å². The van der Waals surface area contributed by atoms with Crippen LogP contribution in [0.15, 0.2) is 0 Å². The Morgan fingerprint density at radius 3 is 2.60 bits per heavy atom. The molecular formula is C12H25NOS. The van der Waals surface area contributed by atoms with E-state index in [2.05, 4.69) is 33.0 Å². The lowest BCUT2D eigenvalue weighted by atomic mass is 9.81. The first-order valence-electron chi connectivity index (χ1n) is 5.92. The van der Waals surface area contributed by atoms with E-state index in [1.54, 1.807) is 0 Å². The molecule has 0 radical (unpaired) electrons. The van der Waals surface area contributed by atoms with E-state index in [-0.39, 0.29) is 12.6 Å². The predicted octanol–water partition coefficient (Wildman–Crippen LogP) is 2.12. The molecule has 1 aliphatic heterocycles. The summed E-state index contributed by atoms with van der Waals surface area (Å²) in [6.07, 6.45) is 1.27. The largest absolute Gasteiger partial charge is 0.395 e. The van der Waals surface area contributed by atoms with E-state index in [1.807, 2.05) is 11.8 Å². The monoisotopic (exact) mass is 231 g/mol. The molecule has 0 bridgehead atoms. The Labute approximate surface area is 98.2 Å². The highest BCUT2D eigenvalue weighted by Gasteiger charge is 2.34. The zero-order valence-electron chi connectivity index (χ0n) is 10.4. The molecular weight excluding hydrogens is 206 g/mol. The van der Waals surface area contributed by atoms with Crippen molar-refractivity contribution < 1.29 is 5.11 Å². The average molecular weight is 231 g/mol. The first-order valence-corrected chi connectivity index (χ1v) is 7.07. The molecule has 0 amide bonds. The molecule has 2 atom stereocenters. The minimum absolute atomic E-state index is 0.243. The summed E-state index contributed by atoms with van der Waals surface area (Å²) in [5, 5.41) is 13.0.